The molecule has 1 heterocycles. The molecule has 1 aromatic rings. The number of rotatable bonds is 4. The molecule has 0 aromatic carbocycles. The minimum atomic E-state index is -0.956. The highest BCUT2D eigenvalue weighted by atomic mass is 16.4. The molecule has 4 nitrogen and oxygen atoms in total. The number of hydrogen-bond donors (Lipinski definition) is 2. The molecule has 13 heavy (non-hydrogen) atoms. The minimum absolute atomic E-state index is 0.165. The number of aromatic amines is 1. The van der Waals surface area contributed by atoms with Crippen LogP contribution in [0.15, 0.2) is 6.20 Å². The van der Waals surface area contributed by atoms with Crippen molar-refractivity contribution < 1.29 is 9.90 Å². The number of carboxylic acids is 1. The van der Waals surface area contributed by atoms with Crippen molar-refractivity contribution in [1.29, 1.82) is 0 Å². The van der Waals surface area contributed by atoms with Gasteiger partial charge >= 0.3 is 5.97 Å². The number of H-pyrrole nitrogens is 1. The number of carbonyl (C=O) groups is 1. The van der Waals surface area contributed by atoms with Crippen molar-refractivity contribution in [2.75, 3.05) is 0 Å². The summed E-state index contributed by atoms with van der Waals surface area (Å²) in [6, 6.07) is 0. The van der Waals surface area contributed by atoms with Gasteiger partial charge in [0.25, 0.3) is 0 Å². The number of aromatic carboxylic acids is 1. The molecule has 0 spiro atoms. The second kappa shape index (κ2) is 4.07. The van der Waals surface area contributed by atoms with Crippen LogP contribution in [0.5, 0.6) is 0 Å². The lowest BCUT2D eigenvalue weighted by atomic mass is 10.1. The molecule has 1 rings (SSSR count). The molecule has 0 radical (unpaired) electrons. The third-order valence-electron chi connectivity index (χ3n) is 2.01. The second-order valence-electron chi connectivity index (χ2n) is 3.18. The van der Waals surface area contributed by atoms with Crippen LogP contribution in [0.25, 0.3) is 0 Å². The van der Waals surface area contributed by atoms with Crippen molar-refractivity contribution in [2.45, 2.75) is 32.6 Å². The van der Waals surface area contributed by atoms with Crippen molar-refractivity contribution in [2.24, 2.45) is 0 Å². The van der Waals surface area contributed by atoms with E-state index in [1.807, 2.05) is 6.92 Å². The minimum Gasteiger partial charge on any atom is -0.477 e. The lowest BCUT2D eigenvalue weighted by Gasteiger charge is -2.04. The van der Waals surface area contributed by atoms with Crippen LogP contribution in [0.3, 0.4) is 0 Å². The Morgan fingerprint density at radius 1 is 1.77 bits per heavy atom. The summed E-state index contributed by atoms with van der Waals surface area (Å²) >= 11 is 0. The van der Waals surface area contributed by atoms with Crippen LogP contribution in [0.2, 0.25) is 0 Å². The molecule has 4 heteroatoms. The third kappa shape index (κ3) is 2.31. The summed E-state index contributed by atoms with van der Waals surface area (Å²) in [5.74, 6) is 0.111. The average molecular weight is 182 g/mol. The normalized spacial score (nSPS) is 12.8. The van der Waals surface area contributed by atoms with E-state index in [0.29, 0.717) is 5.92 Å². The van der Waals surface area contributed by atoms with Gasteiger partial charge in [-0.3, -0.25) is 0 Å². The van der Waals surface area contributed by atoms with E-state index in [0.717, 1.165) is 18.7 Å². The van der Waals surface area contributed by atoms with Gasteiger partial charge in [0.1, 0.15) is 11.5 Å². The van der Waals surface area contributed by atoms with Gasteiger partial charge in [-0.1, -0.05) is 20.3 Å². The van der Waals surface area contributed by atoms with Gasteiger partial charge in [0, 0.05) is 5.92 Å². The number of hydrogen-bond acceptors (Lipinski definition) is 2. The number of carboxylic acid groups (broad SMARTS) is 1. The van der Waals surface area contributed by atoms with Gasteiger partial charge in [-0.2, -0.15) is 0 Å². The number of imidazole rings is 1. The monoisotopic (exact) mass is 182 g/mol. The molecule has 0 aliphatic rings. The number of aromatic nitrogens is 2. The first-order valence-corrected chi connectivity index (χ1v) is 4.43. The molecular weight excluding hydrogens is 168 g/mol. The average Bonchev–Trinajstić information content (AvgIpc) is 2.52. The van der Waals surface area contributed by atoms with Crippen LogP contribution in [0, 0.1) is 0 Å². The Kier molecular flexibility index (Phi) is 3.06. The van der Waals surface area contributed by atoms with Crippen LogP contribution in [0.1, 0.15) is 48.9 Å². The molecule has 1 aromatic heterocycles. The molecule has 0 amide bonds. The van der Waals surface area contributed by atoms with Crippen molar-refractivity contribution in [3.8, 4) is 0 Å². The van der Waals surface area contributed by atoms with Gasteiger partial charge in [0.05, 0.1) is 6.20 Å². The van der Waals surface area contributed by atoms with Crippen LogP contribution in [-0.2, 0) is 0 Å². The highest BCUT2D eigenvalue weighted by molar-refractivity contribution is 5.85. The van der Waals surface area contributed by atoms with E-state index in [2.05, 4.69) is 16.9 Å². The zero-order valence-corrected chi connectivity index (χ0v) is 7.87. The molecule has 0 aliphatic carbocycles. The van der Waals surface area contributed by atoms with E-state index in [-0.39, 0.29) is 5.69 Å². The highest BCUT2D eigenvalue weighted by Gasteiger charge is 2.11. The second-order valence-corrected chi connectivity index (χ2v) is 3.18. The summed E-state index contributed by atoms with van der Waals surface area (Å²) in [6.07, 6.45) is 3.46. The largest absolute Gasteiger partial charge is 0.477 e. The lowest BCUT2D eigenvalue weighted by Crippen LogP contribution is -1.99. The van der Waals surface area contributed by atoms with E-state index < -0.39 is 5.97 Å². The van der Waals surface area contributed by atoms with E-state index >= 15 is 0 Å². The predicted molar refractivity (Wildman–Crippen MR) is 48.9 cm³/mol. The van der Waals surface area contributed by atoms with Crippen molar-refractivity contribution in [3.05, 3.63) is 17.7 Å². The zero-order chi connectivity index (χ0) is 9.84. The molecule has 0 unspecified atom stereocenters. The predicted octanol–water partition coefficient (Wildman–Crippen LogP) is 2.01. The third-order valence-corrected chi connectivity index (χ3v) is 2.01. The fourth-order valence-corrected chi connectivity index (χ4v) is 1.27. The molecule has 0 saturated carbocycles. The molecule has 0 fully saturated rings. The van der Waals surface area contributed by atoms with E-state index in [4.69, 9.17) is 5.11 Å². The van der Waals surface area contributed by atoms with Crippen LogP contribution >= 0.6 is 0 Å². The lowest BCUT2D eigenvalue weighted by molar-refractivity contribution is 0.0691. The van der Waals surface area contributed by atoms with Crippen LogP contribution in [-0.4, -0.2) is 21.0 Å². The maximum absolute atomic E-state index is 10.5. The Bertz CT molecular complexity index is 294. The van der Waals surface area contributed by atoms with E-state index in [1.54, 1.807) is 0 Å². The molecule has 2 N–H and O–H groups in total. The van der Waals surface area contributed by atoms with Gasteiger partial charge < -0.3 is 10.1 Å². The number of nitrogens with one attached hydrogen (secondary N) is 1. The summed E-state index contributed by atoms with van der Waals surface area (Å²) in [5, 5.41) is 8.64. The smallest absolute Gasteiger partial charge is 0.353 e. The van der Waals surface area contributed by atoms with Crippen molar-refractivity contribution in [1.82, 2.24) is 9.97 Å². The molecule has 0 aliphatic heterocycles. The molecular formula is C9H14N2O2. The Labute approximate surface area is 77.0 Å². The topological polar surface area (TPSA) is 66.0 Å². The summed E-state index contributed by atoms with van der Waals surface area (Å²) in [7, 11) is 0. The Morgan fingerprint density at radius 2 is 2.46 bits per heavy atom. The quantitative estimate of drug-likeness (QED) is 0.748. The van der Waals surface area contributed by atoms with E-state index in [9.17, 15) is 4.79 Å². The van der Waals surface area contributed by atoms with Gasteiger partial charge in [0.15, 0.2) is 0 Å². The van der Waals surface area contributed by atoms with Gasteiger partial charge in [-0.15, -0.1) is 0 Å². The first kappa shape index (κ1) is 9.77. The van der Waals surface area contributed by atoms with Gasteiger partial charge in [-0.25, -0.2) is 9.78 Å². The fourth-order valence-electron chi connectivity index (χ4n) is 1.27. The summed E-state index contributed by atoms with van der Waals surface area (Å²) in [5.41, 5.74) is 0.165. The highest BCUT2D eigenvalue weighted by Crippen LogP contribution is 2.16. The number of nitrogens with zero attached hydrogens (tertiary/aromatic N) is 1. The van der Waals surface area contributed by atoms with E-state index in [1.165, 1.54) is 6.20 Å². The SMILES string of the molecule is CCC[C@H](C)c1ncc(C(=O)O)[nH]1. The first-order valence-electron chi connectivity index (χ1n) is 4.43. The van der Waals surface area contributed by atoms with Crippen molar-refractivity contribution in [3.63, 3.8) is 0 Å². The van der Waals surface area contributed by atoms with Crippen molar-refractivity contribution >= 4 is 5.97 Å². The van der Waals surface area contributed by atoms with Gasteiger partial charge in [0.2, 0.25) is 0 Å². The molecule has 0 bridgehead atoms. The maximum atomic E-state index is 10.5. The fraction of sp³-hybridized carbons (Fsp3) is 0.556. The first-order chi connectivity index (χ1) is 6.15. The standard InChI is InChI=1S/C9H14N2O2/c1-3-4-6(2)8-10-5-7(11-8)9(12)13/h5-6H,3-4H2,1-2H3,(H,10,11)(H,12,13)/t6-/m0/s1. The Balaban J connectivity index is 2.73. The molecule has 1 atom stereocenters. The zero-order valence-electron chi connectivity index (χ0n) is 7.87. The summed E-state index contributed by atoms with van der Waals surface area (Å²) in [4.78, 5) is 17.3. The molecule has 72 valence electrons. The Hall–Kier alpha value is -1.32. The maximum Gasteiger partial charge on any atom is 0.353 e. The van der Waals surface area contributed by atoms with Crippen LogP contribution in [0.4, 0.5) is 0 Å². The summed E-state index contributed by atoms with van der Waals surface area (Å²) in [6.45, 7) is 4.13. The molecule has 0 saturated heterocycles. The Morgan fingerprint density at radius 3 is 2.92 bits per heavy atom. The van der Waals surface area contributed by atoms with Gasteiger partial charge in [-0.05, 0) is 6.42 Å². The van der Waals surface area contributed by atoms with Crippen LogP contribution < -0.4 is 0 Å². The summed E-state index contributed by atoms with van der Waals surface area (Å²) < 4.78 is 0.